The van der Waals surface area contributed by atoms with Crippen LogP contribution in [0.2, 0.25) is 5.15 Å². The predicted molar refractivity (Wildman–Crippen MR) is 60.2 cm³/mol. The predicted octanol–water partition coefficient (Wildman–Crippen LogP) is 2.44. The van der Waals surface area contributed by atoms with Crippen molar-refractivity contribution in [3.05, 3.63) is 21.9 Å². The molecule has 0 saturated carbocycles. The Morgan fingerprint density at radius 2 is 2.21 bits per heavy atom. The Labute approximate surface area is 99.8 Å². The lowest BCUT2D eigenvalue weighted by Gasteiger charge is -2.05. The average molecular weight is 320 g/mol. The van der Waals surface area contributed by atoms with Gasteiger partial charge in [0.15, 0.2) is 0 Å². The summed E-state index contributed by atoms with van der Waals surface area (Å²) in [7, 11) is -3.49. The van der Waals surface area contributed by atoms with Crippen molar-refractivity contribution in [2.45, 2.75) is 0 Å². The second kappa shape index (κ2) is 4.65. The lowest BCUT2D eigenvalue weighted by Crippen LogP contribution is -2.13. The monoisotopic (exact) mass is 318 g/mol. The Morgan fingerprint density at radius 1 is 1.57 bits per heavy atom. The fraction of sp³-hybridized carbons (Fsp3) is 0.167. The molecule has 0 aliphatic rings. The molecule has 0 bridgehead atoms. The van der Waals surface area contributed by atoms with E-state index in [-0.39, 0.29) is 5.15 Å². The van der Waals surface area contributed by atoms with Gasteiger partial charge in [0.2, 0.25) is 10.0 Å². The Morgan fingerprint density at radius 3 is 2.71 bits per heavy atom. The third-order valence-electron chi connectivity index (χ3n) is 1.21. The van der Waals surface area contributed by atoms with Crippen LogP contribution in [0.4, 0.5) is 5.69 Å². The van der Waals surface area contributed by atoms with Crippen LogP contribution in [0.1, 0.15) is 0 Å². The van der Waals surface area contributed by atoms with Crippen LogP contribution in [-0.4, -0.2) is 18.6 Å². The van der Waals surface area contributed by atoms with Gasteiger partial charge < -0.3 is 0 Å². The molecule has 0 amide bonds. The lowest BCUT2D eigenvalue weighted by atomic mass is 10.4. The van der Waals surface area contributed by atoms with Crippen LogP contribution in [0.5, 0.6) is 0 Å². The molecule has 8 heteroatoms. The molecule has 0 fully saturated rings. The second-order valence-electron chi connectivity index (χ2n) is 2.32. The van der Waals surface area contributed by atoms with Gasteiger partial charge in [0, 0.05) is 0 Å². The Kier molecular flexibility index (Phi) is 4.00. The minimum Gasteiger partial charge on any atom is -0.281 e. The topological polar surface area (TPSA) is 59.1 Å². The van der Waals surface area contributed by atoms with Crippen LogP contribution in [0.3, 0.4) is 0 Å². The van der Waals surface area contributed by atoms with Gasteiger partial charge in [-0.2, -0.15) is 0 Å². The van der Waals surface area contributed by atoms with Crippen LogP contribution in [-0.2, 0) is 10.0 Å². The van der Waals surface area contributed by atoms with Gasteiger partial charge in [0.25, 0.3) is 0 Å². The minimum atomic E-state index is -3.49. The number of hydrogen-bond acceptors (Lipinski definition) is 3. The molecule has 0 atom stereocenters. The lowest BCUT2D eigenvalue weighted by molar-refractivity contribution is 0.605. The van der Waals surface area contributed by atoms with E-state index >= 15 is 0 Å². The number of nitrogens with zero attached hydrogens (tertiary/aromatic N) is 1. The number of nitrogens with one attached hydrogen (secondary N) is 1. The first-order valence-electron chi connectivity index (χ1n) is 3.32. The summed E-state index contributed by atoms with van der Waals surface area (Å²) < 4.78 is 24.8. The number of anilines is 1. The quantitative estimate of drug-likeness (QED) is 0.687. The molecule has 0 aromatic carbocycles. The van der Waals surface area contributed by atoms with Crippen LogP contribution in [0.15, 0.2) is 16.7 Å². The smallest absolute Gasteiger partial charge is 0.246 e. The van der Waals surface area contributed by atoms with Crippen molar-refractivity contribution in [2.24, 2.45) is 0 Å². The summed E-state index contributed by atoms with van der Waals surface area (Å²) in [5.74, 6) is 0. The number of sulfonamides is 1. The Hall–Kier alpha value is -0.0400. The Bertz CT molecular complexity index is 437. The van der Waals surface area contributed by atoms with Crippen molar-refractivity contribution < 1.29 is 8.42 Å². The molecule has 78 valence electrons. The van der Waals surface area contributed by atoms with E-state index in [4.69, 9.17) is 23.2 Å². The maximum Gasteiger partial charge on any atom is 0.246 e. The van der Waals surface area contributed by atoms with E-state index in [9.17, 15) is 8.42 Å². The van der Waals surface area contributed by atoms with Crippen LogP contribution in [0, 0.1) is 0 Å². The molecule has 0 spiro atoms. The van der Waals surface area contributed by atoms with E-state index in [2.05, 4.69) is 25.6 Å². The molecule has 14 heavy (non-hydrogen) atoms. The number of alkyl halides is 1. The van der Waals surface area contributed by atoms with Crippen molar-refractivity contribution in [1.29, 1.82) is 0 Å². The van der Waals surface area contributed by atoms with Gasteiger partial charge in [-0.05, 0) is 22.0 Å². The third-order valence-corrected chi connectivity index (χ3v) is 4.04. The van der Waals surface area contributed by atoms with Gasteiger partial charge in [-0.15, -0.1) is 11.6 Å². The molecule has 0 aliphatic carbocycles. The first-order chi connectivity index (χ1) is 6.44. The van der Waals surface area contributed by atoms with E-state index in [1.165, 1.54) is 12.3 Å². The van der Waals surface area contributed by atoms with E-state index < -0.39 is 15.2 Å². The number of pyridine rings is 1. The van der Waals surface area contributed by atoms with Crippen LogP contribution in [0.25, 0.3) is 0 Å². The van der Waals surface area contributed by atoms with Crippen molar-refractivity contribution >= 4 is 54.8 Å². The second-order valence-corrected chi connectivity index (χ2v) is 5.84. The van der Waals surface area contributed by atoms with Gasteiger partial charge in [0.1, 0.15) is 10.4 Å². The summed E-state index contributed by atoms with van der Waals surface area (Å²) in [6.45, 7) is 0. The molecule has 0 unspecified atom stereocenters. The fourth-order valence-electron chi connectivity index (χ4n) is 0.684. The highest BCUT2D eigenvalue weighted by atomic mass is 79.9. The zero-order valence-electron chi connectivity index (χ0n) is 6.67. The van der Waals surface area contributed by atoms with E-state index in [0.29, 0.717) is 10.2 Å². The van der Waals surface area contributed by atoms with E-state index in [1.54, 1.807) is 0 Å². The molecule has 1 aromatic rings. The molecular weight excluding hydrogens is 315 g/mol. The van der Waals surface area contributed by atoms with Gasteiger partial charge in [0.05, 0.1) is 16.4 Å². The van der Waals surface area contributed by atoms with Crippen LogP contribution < -0.4 is 4.72 Å². The van der Waals surface area contributed by atoms with Crippen LogP contribution >= 0.6 is 39.1 Å². The summed E-state index contributed by atoms with van der Waals surface area (Å²) in [4.78, 5) is 3.75. The molecule has 4 nitrogen and oxygen atoms in total. The molecule has 0 radical (unpaired) electrons. The molecule has 1 N–H and O–H groups in total. The summed E-state index contributed by atoms with van der Waals surface area (Å²) in [6.07, 6.45) is 1.30. The van der Waals surface area contributed by atoms with Crippen molar-refractivity contribution in [3.8, 4) is 0 Å². The first-order valence-corrected chi connectivity index (χ1v) is 6.68. The average Bonchev–Trinajstić information content (AvgIpc) is 2.11. The number of rotatable bonds is 3. The fourth-order valence-corrected chi connectivity index (χ4v) is 1.83. The molecular formula is C6H5BrCl2N2O2S. The molecule has 1 heterocycles. The number of halogens is 3. The van der Waals surface area contributed by atoms with Crippen molar-refractivity contribution in [3.63, 3.8) is 0 Å². The highest BCUT2D eigenvalue weighted by Crippen LogP contribution is 2.23. The van der Waals surface area contributed by atoms with Crippen molar-refractivity contribution in [1.82, 2.24) is 4.98 Å². The van der Waals surface area contributed by atoms with Gasteiger partial charge in [-0.1, -0.05) is 11.6 Å². The van der Waals surface area contributed by atoms with Gasteiger partial charge in [-0.25, -0.2) is 13.4 Å². The van der Waals surface area contributed by atoms with Gasteiger partial charge >= 0.3 is 0 Å². The zero-order valence-corrected chi connectivity index (χ0v) is 10.6. The summed E-state index contributed by atoms with van der Waals surface area (Å²) in [5.41, 5.74) is 0.307. The maximum absolute atomic E-state index is 11.0. The zero-order chi connectivity index (χ0) is 10.8. The largest absolute Gasteiger partial charge is 0.281 e. The Balaban J connectivity index is 2.94. The third kappa shape index (κ3) is 3.27. The van der Waals surface area contributed by atoms with E-state index in [0.717, 1.165) is 0 Å². The summed E-state index contributed by atoms with van der Waals surface area (Å²) >= 11 is 13.9. The normalized spacial score (nSPS) is 11.4. The van der Waals surface area contributed by atoms with E-state index in [1.807, 2.05) is 0 Å². The maximum atomic E-state index is 11.0. The summed E-state index contributed by atoms with van der Waals surface area (Å²) in [5, 5.41) is -0.244. The molecule has 1 rings (SSSR count). The van der Waals surface area contributed by atoms with Crippen molar-refractivity contribution in [2.75, 3.05) is 9.93 Å². The SMILES string of the molecule is O=S(=O)(CCl)Nc1cnc(Cl)c(Br)c1. The number of hydrogen-bond donors (Lipinski definition) is 1. The minimum absolute atomic E-state index is 0.263. The molecule has 0 aliphatic heterocycles. The standard InChI is InChI=1S/C6H5BrCl2N2O2S/c7-5-1-4(2-10-6(5)9)11-14(12,13)3-8/h1-2,11H,3H2. The summed E-state index contributed by atoms with van der Waals surface area (Å²) in [6, 6.07) is 1.50. The molecule has 1 aromatic heterocycles. The molecule has 0 saturated heterocycles. The number of aromatic nitrogens is 1. The van der Waals surface area contributed by atoms with Gasteiger partial charge in [-0.3, -0.25) is 4.72 Å². The highest BCUT2D eigenvalue weighted by Gasteiger charge is 2.09. The first kappa shape index (κ1) is 12.0. The highest BCUT2D eigenvalue weighted by molar-refractivity contribution is 9.10.